The molecule has 258 valence electrons. The van der Waals surface area contributed by atoms with E-state index in [1.54, 1.807) is 9.47 Å². The number of carbonyl (C=O) groups excluding carboxylic acids is 2. The maximum atomic E-state index is 14.3. The van der Waals surface area contributed by atoms with Gasteiger partial charge in [-0.1, -0.05) is 24.6 Å². The van der Waals surface area contributed by atoms with Crippen LogP contribution in [0.1, 0.15) is 64.0 Å². The number of hydrogen-bond acceptors (Lipinski definition) is 8. The third kappa shape index (κ3) is 6.49. The fourth-order valence-electron chi connectivity index (χ4n) is 6.46. The number of hydrogen-bond donors (Lipinski definition) is 1. The molecule has 1 saturated heterocycles. The average molecular weight is 692 g/mol. The van der Waals surface area contributed by atoms with E-state index in [1.807, 2.05) is 38.7 Å². The van der Waals surface area contributed by atoms with Crippen molar-refractivity contribution in [1.29, 1.82) is 0 Å². The zero-order valence-corrected chi connectivity index (χ0v) is 27.8. The standard InChI is InChI=1S/C32H37ClF3N7O5/c1-5-22-26(40-12-13-41(24-9-8-23(24)40)30(46)48-31(2,3)4)28(45)43-29(38-27(39-43)18-10-14-47-15-11-18)42(22)17-25(44)37-21-7-6-19(16-20(21)33)32(34,35)36/h6-7,10,16,23-24H,5,8-9,11-15,17H2,1-4H3,(H,37,44). The third-order valence-electron chi connectivity index (χ3n) is 8.78. The minimum absolute atomic E-state index is 0.00935. The summed E-state index contributed by atoms with van der Waals surface area (Å²) in [4.78, 5) is 49.3. The summed E-state index contributed by atoms with van der Waals surface area (Å²) in [5.74, 6) is -0.103. The van der Waals surface area contributed by atoms with Crippen LogP contribution in [0.4, 0.5) is 29.3 Å². The van der Waals surface area contributed by atoms with E-state index in [0.29, 0.717) is 56.4 Å². The summed E-state index contributed by atoms with van der Waals surface area (Å²) in [6, 6.07) is 2.38. The van der Waals surface area contributed by atoms with Crippen molar-refractivity contribution in [1.82, 2.24) is 24.1 Å². The molecule has 4 heterocycles. The van der Waals surface area contributed by atoms with E-state index in [4.69, 9.17) is 26.1 Å². The summed E-state index contributed by atoms with van der Waals surface area (Å²) in [6.45, 7) is 8.51. The maximum absolute atomic E-state index is 14.3. The van der Waals surface area contributed by atoms with E-state index in [9.17, 15) is 27.6 Å². The van der Waals surface area contributed by atoms with Gasteiger partial charge in [-0.2, -0.15) is 22.7 Å². The minimum Gasteiger partial charge on any atom is -0.444 e. The fourth-order valence-corrected chi connectivity index (χ4v) is 6.68. The first-order valence-corrected chi connectivity index (χ1v) is 16.3. The maximum Gasteiger partial charge on any atom is 0.416 e. The number of aromatic nitrogens is 4. The Morgan fingerprint density at radius 1 is 1.15 bits per heavy atom. The van der Waals surface area contributed by atoms with E-state index in [1.165, 1.54) is 4.52 Å². The van der Waals surface area contributed by atoms with E-state index < -0.39 is 34.9 Å². The fraction of sp³-hybridized carbons (Fsp3) is 0.531. The molecule has 1 N–H and O–H groups in total. The van der Waals surface area contributed by atoms with E-state index in [-0.39, 0.29) is 35.1 Å². The van der Waals surface area contributed by atoms with Gasteiger partial charge in [0.15, 0.2) is 5.82 Å². The van der Waals surface area contributed by atoms with Crippen LogP contribution >= 0.6 is 11.6 Å². The molecule has 1 aliphatic carbocycles. The van der Waals surface area contributed by atoms with Crippen LogP contribution in [0.25, 0.3) is 11.4 Å². The highest BCUT2D eigenvalue weighted by Crippen LogP contribution is 2.38. The van der Waals surface area contributed by atoms with Gasteiger partial charge in [0.25, 0.3) is 5.56 Å². The van der Waals surface area contributed by atoms with Crippen LogP contribution in [0.2, 0.25) is 5.02 Å². The molecule has 2 atom stereocenters. The van der Waals surface area contributed by atoms with Crippen molar-refractivity contribution in [3.05, 3.63) is 56.7 Å². The number of anilines is 2. The van der Waals surface area contributed by atoms with Crippen molar-refractivity contribution in [2.24, 2.45) is 0 Å². The molecule has 0 radical (unpaired) electrons. The van der Waals surface area contributed by atoms with Crippen LogP contribution < -0.4 is 15.8 Å². The van der Waals surface area contributed by atoms with Crippen molar-refractivity contribution in [3.63, 3.8) is 0 Å². The lowest BCUT2D eigenvalue weighted by atomic mass is 9.81. The van der Waals surface area contributed by atoms with Crippen LogP contribution in [-0.2, 0) is 33.4 Å². The largest absolute Gasteiger partial charge is 0.444 e. The van der Waals surface area contributed by atoms with Gasteiger partial charge in [-0.15, -0.1) is 5.10 Å². The molecule has 48 heavy (non-hydrogen) atoms. The average Bonchev–Trinajstić information content (AvgIpc) is 3.45. The Bertz CT molecular complexity index is 1850. The molecule has 2 aliphatic heterocycles. The second-order valence-electron chi connectivity index (χ2n) is 13.1. The summed E-state index contributed by atoms with van der Waals surface area (Å²) in [6.07, 6.45) is -0.762. The molecule has 2 fully saturated rings. The molecule has 1 aromatic carbocycles. The smallest absolute Gasteiger partial charge is 0.416 e. The van der Waals surface area contributed by atoms with Crippen molar-refractivity contribution < 1.29 is 32.2 Å². The van der Waals surface area contributed by atoms with Crippen LogP contribution in [0.15, 0.2) is 29.1 Å². The molecule has 0 bridgehead atoms. The predicted octanol–water partition coefficient (Wildman–Crippen LogP) is 5.16. The topological polar surface area (TPSA) is 123 Å². The lowest BCUT2D eigenvalue weighted by molar-refractivity contribution is -0.137. The molecule has 2 aromatic heterocycles. The van der Waals surface area contributed by atoms with Gasteiger partial charge in [0, 0.05) is 19.1 Å². The summed E-state index contributed by atoms with van der Waals surface area (Å²) in [5.41, 5.74) is -0.273. The second-order valence-corrected chi connectivity index (χ2v) is 13.5. The zero-order chi connectivity index (χ0) is 34.5. The second kappa shape index (κ2) is 12.7. The first-order chi connectivity index (χ1) is 22.7. The number of halogens is 4. The molecular weight excluding hydrogens is 655 g/mol. The SMILES string of the molecule is CCc1c(N2CCN(C(=O)OC(C)(C)C)C3CCC32)c(=O)n2nc(C3=CCOCC3)nc2n1CC(=O)Nc1ccc(C(F)(F)F)cc1Cl. The van der Waals surface area contributed by atoms with Crippen LogP contribution in [0.3, 0.4) is 0 Å². The van der Waals surface area contributed by atoms with Gasteiger partial charge in [0.1, 0.15) is 17.8 Å². The number of amides is 2. The molecule has 16 heteroatoms. The molecule has 12 nitrogen and oxygen atoms in total. The highest BCUT2D eigenvalue weighted by atomic mass is 35.5. The number of nitrogens with one attached hydrogen (secondary N) is 1. The number of carbonyl (C=O) groups is 2. The monoisotopic (exact) mass is 691 g/mol. The molecule has 0 spiro atoms. The first kappa shape index (κ1) is 33.8. The minimum atomic E-state index is -4.59. The van der Waals surface area contributed by atoms with E-state index in [0.717, 1.165) is 36.6 Å². The number of alkyl halides is 3. The number of piperazine rings is 1. The van der Waals surface area contributed by atoms with Crippen LogP contribution in [0.5, 0.6) is 0 Å². The Morgan fingerprint density at radius 3 is 2.50 bits per heavy atom. The summed E-state index contributed by atoms with van der Waals surface area (Å²) >= 11 is 6.13. The lowest BCUT2D eigenvalue weighted by Gasteiger charge is -2.54. The molecular formula is C32H37ClF3N7O5. The third-order valence-corrected chi connectivity index (χ3v) is 9.10. The summed E-state index contributed by atoms with van der Waals surface area (Å²) in [7, 11) is 0. The summed E-state index contributed by atoms with van der Waals surface area (Å²) in [5, 5.41) is 6.93. The van der Waals surface area contributed by atoms with Gasteiger partial charge >= 0.3 is 12.3 Å². The van der Waals surface area contributed by atoms with Crippen molar-refractivity contribution >= 4 is 46.3 Å². The molecule has 2 amide bonds. The molecule has 6 rings (SSSR count). The van der Waals surface area contributed by atoms with Crippen LogP contribution in [-0.4, -0.2) is 80.1 Å². The zero-order valence-electron chi connectivity index (χ0n) is 27.1. The Balaban J connectivity index is 1.39. The molecule has 3 aliphatic rings. The molecule has 2 unspecified atom stereocenters. The number of rotatable bonds is 6. The Kier molecular flexibility index (Phi) is 8.96. The number of benzene rings is 1. The number of nitrogens with zero attached hydrogens (tertiary/aromatic N) is 6. The van der Waals surface area contributed by atoms with Crippen LogP contribution in [0, 0.1) is 0 Å². The summed E-state index contributed by atoms with van der Waals surface area (Å²) < 4.78 is 53.5. The normalized spacial score (nSPS) is 19.9. The van der Waals surface area contributed by atoms with Crippen molar-refractivity contribution in [2.45, 2.75) is 83.8 Å². The van der Waals surface area contributed by atoms with Gasteiger partial charge in [-0.3, -0.25) is 9.59 Å². The van der Waals surface area contributed by atoms with Gasteiger partial charge < -0.3 is 29.2 Å². The van der Waals surface area contributed by atoms with Gasteiger partial charge in [0.2, 0.25) is 11.7 Å². The Labute approximate surface area is 279 Å². The number of ether oxygens (including phenoxy) is 2. The highest BCUT2D eigenvalue weighted by molar-refractivity contribution is 6.33. The predicted molar refractivity (Wildman–Crippen MR) is 172 cm³/mol. The van der Waals surface area contributed by atoms with Crippen molar-refractivity contribution in [2.75, 3.05) is 36.5 Å². The van der Waals surface area contributed by atoms with Crippen molar-refractivity contribution in [3.8, 4) is 0 Å². The first-order valence-electron chi connectivity index (χ1n) is 15.9. The van der Waals surface area contributed by atoms with Gasteiger partial charge in [-0.05, 0) is 70.2 Å². The molecule has 1 saturated carbocycles. The van der Waals surface area contributed by atoms with E-state index >= 15 is 0 Å². The quantitative estimate of drug-likeness (QED) is 0.377. The number of fused-ring (bicyclic) bond motifs is 2. The van der Waals surface area contributed by atoms with E-state index in [2.05, 4.69) is 10.4 Å². The lowest BCUT2D eigenvalue weighted by Crippen LogP contribution is -2.67. The van der Waals surface area contributed by atoms with Gasteiger partial charge in [-0.25, -0.2) is 4.79 Å². The Morgan fingerprint density at radius 2 is 1.90 bits per heavy atom. The Hall–Kier alpha value is -4.11. The molecule has 3 aromatic rings. The highest BCUT2D eigenvalue weighted by Gasteiger charge is 2.47. The van der Waals surface area contributed by atoms with Gasteiger partial charge in [0.05, 0.1) is 41.2 Å².